The van der Waals surface area contributed by atoms with Crippen molar-refractivity contribution in [3.05, 3.63) is 47.0 Å². The molecule has 122 valence electrons. The van der Waals surface area contributed by atoms with Gasteiger partial charge in [0.05, 0.1) is 30.2 Å². The maximum Gasteiger partial charge on any atom is 0.270 e. The van der Waals surface area contributed by atoms with Gasteiger partial charge in [-0.05, 0) is 6.07 Å². The van der Waals surface area contributed by atoms with E-state index < -0.39 is 14.9 Å². The molecule has 2 heterocycles. The number of aromatic nitrogens is 2. The summed E-state index contributed by atoms with van der Waals surface area (Å²) in [7, 11) is -3.87. The van der Waals surface area contributed by atoms with E-state index in [9.17, 15) is 18.5 Å². The highest BCUT2D eigenvalue weighted by Gasteiger charge is 2.30. The predicted octanol–water partition coefficient (Wildman–Crippen LogP) is 0.801. The SMILES string of the molecule is O=[N+]([O-])c1ccc(-n2ccnc2)c(S(=O)(=O)N2CCOCC2)c1. The largest absolute Gasteiger partial charge is 0.379 e. The van der Waals surface area contributed by atoms with Crippen LogP contribution in [0.25, 0.3) is 5.69 Å². The van der Waals surface area contributed by atoms with Crippen LogP contribution in [0.15, 0.2) is 41.8 Å². The predicted molar refractivity (Wildman–Crippen MR) is 79.8 cm³/mol. The van der Waals surface area contributed by atoms with Crippen molar-refractivity contribution in [3.63, 3.8) is 0 Å². The van der Waals surface area contributed by atoms with Gasteiger partial charge in [-0.15, -0.1) is 0 Å². The number of ether oxygens (including phenoxy) is 1. The Bertz CT molecular complexity index is 813. The van der Waals surface area contributed by atoms with Crippen molar-refractivity contribution in [3.8, 4) is 5.69 Å². The summed E-state index contributed by atoms with van der Waals surface area (Å²) in [6, 6.07) is 3.76. The molecule has 3 rings (SSSR count). The topological polar surface area (TPSA) is 108 Å². The molecule has 1 saturated heterocycles. The number of hydrogen-bond acceptors (Lipinski definition) is 6. The third kappa shape index (κ3) is 2.96. The maximum absolute atomic E-state index is 12.9. The van der Waals surface area contributed by atoms with E-state index >= 15 is 0 Å². The van der Waals surface area contributed by atoms with Crippen LogP contribution in [0, 0.1) is 10.1 Å². The first-order chi connectivity index (χ1) is 11.0. The van der Waals surface area contributed by atoms with Gasteiger partial charge in [0, 0.05) is 37.6 Å². The molecule has 0 unspecified atom stereocenters. The third-order valence-electron chi connectivity index (χ3n) is 3.52. The number of morpholine rings is 1. The number of nitro benzene ring substituents is 1. The maximum atomic E-state index is 12.9. The molecule has 9 nitrogen and oxygen atoms in total. The second kappa shape index (κ2) is 6.07. The number of non-ortho nitro benzene ring substituents is 1. The van der Waals surface area contributed by atoms with Crippen molar-refractivity contribution in [2.45, 2.75) is 4.90 Å². The van der Waals surface area contributed by atoms with Crippen molar-refractivity contribution < 1.29 is 18.1 Å². The molecule has 0 aliphatic carbocycles. The van der Waals surface area contributed by atoms with Crippen molar-refractivity contribution in [2.24, 2.45) is 0 Å². The Morgan fingerprint density at radius 1 is 1.26 bits per heavy atom. The van der Waals surface area contributed by atoms with Gasteiger partial charge in [-0.2, -0.15) is 4.31 Å². The standard InChI is InChI=1S/C13H14N4O5S/c18-17(19)11-1-2-12(15-4-3-14-10-15)13(9-11)23(20,21)16-5-7-22-8-6-16/h1-4,9-10H,5-8H2. The number of imidazole rings is 1. The highest BCUT2D eigenvalue weighted by molar-refractivity contribution is 7.89. The Balaban J connectivity index is 2.14. The molecule has 0 amide bonds. The van der Waals surface area contributed by atoms with E-state index in [2.05, 4.69) is 4.98 Å². The molecule has 0 atom stereocenters. The number of nitrogens with zero attached hydrogens (tertiary/aromatic N) is 4. The highest BCUT2D eigenvalue weighted by Crippen LogP contribution is 2.28. The molecule has 0 radical (unpaired) electrons. The van der Waals surface area contributed by atoms with Crippen molar-refractivity contribution in [2.75, 3.05) is 26.3 Å². The van der Waals surface area contributed by atoms with Crippen LogP contribution in [0.1, 0.15) is 0 Å². The first-order valence-electron chi connectivity index (χ1n) is 6.85. The van der Waals surface area contributed by atoms with Crippen molar-refractivity contribution in [1.82, 2.24) is 13.9 Å². The molecule has 2 aromatic rings. The van der Waals surface area contributed by atoms with E-state index in [4.69, 9.17) is 4.74 Å². The van der Waals surface area contributed by atoms with Crippen LogP contribution in [-0.4, -0.2) is 53.5 Å². The number of benzene rings is 1. The summed E-state index contributed by atoms with van der Waals surface area (Å²) < 4.78 is 33.7. The summed E-state index contributed by atoms with van der Waals surface area (Å²) in [6.07, 6.45) is 4.53. The molecule has 1 aliphatic rings. The molecule has 1 aromatic heterocycles. The molecule has 1 fully saturated rings. The fourth-order valence-electron chi connectivity index (χ4n) is 2.36. The molecular formula is C13H14N4O5S. The summed E-state index contributed by atoms with van der Waals surface area (Å²) >= 11 is 0. The minimum absolute atomic E-state index is 0.119. The second-order valence-corrected chi connectivity index (χ2v) is 6.80. The lowest BCUT2D eigenvalue weighted by atomic mass is 10.3. The summed E-state index contributed by atoms with van der Waals surface area (Å²) in [5, 5.41) is 11.0. The zero-order valence-corrected chi connectivity index (χ0v) is 12.8. The fraction of sp³-hybridized carbons (Fsp3) is 0.308. The van der Waals surface area contributed by atoms with E-state index in [-0.39, 0.29) is 23.7 Å². The first-order valence-corrected chi connectivity index (χ1v) is 8.29. The molecule has 23 heavy (non-hydrogen) atoms. The van der Waals surface area contributed by atoms with E-state index in [1.807, 2.05) is 0 Å². The fourth-order valence-corrected chi connectivity index (χ4v) is 3.98. The van der Waals surface area contributed by atoms with E-state index in [1.165, 1.54) is 33.5 Å². The molecule has 0 N–H and O–H groups in total. The zero-order valence-electron chi connectivity index (χ0n) is 12.0. The summed E-state index contributed by atoms with van der Waals surface area (Å²) in [5.74, 6) is 0. The van der Waals surface area contributed by atoms with Crippen LogP contribution < -0.4 is 0 Å². The molecular weight excluding hydrogens is 324 g/mol. The van der Waals surface area contributed by atoms with Crippen LogP contribution in [0.2, 0.25) is 0 Å². The number of nitro groups is 1. The zero-order chi connectivity index (χ0) is 16.4. The molecule has 0 spiro atoms. The van der Waals surface area contributed by atoms with Gasteiger partial charge in [0.1, 0.15) is 4.90 Å². The van der Waals surface area contributed by atoms with Gasteiger partial charge >= 0.3 is 0 Å². The van der Waals surface area contributed by atoms with Gasteiger partial charge < -0.3 is 9.30 Å². The first kappa shape index (κ1) is 15.6. The highest BCUT2D eigenvalue weighted by atomic mass is 32.2. The average Bonchev–Trinajstić information content (AvgIpc) is 3.09. The van der Waals surface area contributed by atoms with Crippen LogP contribution in [0.3, 0.4) is 0 Å². The van der Waals surface area contributed by atoms with E-state index in [0.29, 0.717) is 18.9 Å². The molecule has 1 aliphatic heterocycles. The van der Waals surface area contributed by atoms with Gasteiger partial charge in [-0.3, -0.25) is 10.1 Å². The van der Waals surface area contributed by atoms with Crippen molar-refractivity contribution in [1.29, 1.82) is 0 Å². The van der Waals surface area contributed by atoms with Gasteiger partial charge in [0.25, 0.3) is 5.69 Å². The number of sulfonamides is 1. The number of rotatable bonds is 4. The Hall–Kier alpha value is -2.30. The minimum atomic E-state index is -3.87. The molecule has 10 heteroatoms. The van der Waals surface area contributed by atoms with Crippen LogP contribution in [0.4, 0.5) is 5.69 Å². The van der Waals surface area contributed by atoms with Crippen LogP contribution >= 0.6 is 0 Å². The third-order valence-corrected chi connectivity index (χ3v) is 5.45. The molecule has 0 bridgehead atoms. The van der Waals surface area contributed by atoms with Gasteiger partial charge in [-0.25, -0.2) is 13.4 Å². The summed E-state index contributed by atoms with van der Waals surface area (Å²) in [6.45, 7) is 1.03. The lowest BCUT2D eigenvalue weighted by Gasteiger charge is -2.26. The van der Waals surface area contributed by atoms with Gasteiger partial charge in [0.2, 0.25) is 10.0 Å². The Morgan fingerprint density at radius 3 is 2.61 bits per heavy atom. The van der Waals surface area contributed by atoms with E-state index in [0.717, 1.165) is 6.07 Å². The monoisotopic (exact) mass is 338 g/mol. The minimum Gasteiger partial charge on any atom is -0.379 e. The lowest BCUT2D eigenvalue weighted by molar-refractivity contribution is -0.385. The average molecular weight is 338 g/mol. The van der Waals surface area contributed by atoms with Crippen LogP contribution in [0.5, 0.6) is 0 Å². The van der Waals surface area contributed by atoms with Gasteiger partial charge in [-0.1, -0.05) is 0 Å². The second-order valence-electron chi connectivity index (χ2n) is 4.90. The van der Waals surface area contributed by atoms with Crippen LogP contribution in [-0.2, 0) is 14.8 Å². The quantitative estimate of drug-likeness (QED) is 0.603. The Morgan fingerprint density at radius 2 is 2.00 bits per heavy atom. The summed E-state index contributed by atoms with van der Waals surface area (Å²) in [5.41, 5.74) is 0.0419. The summed E-state index contributed by atoms with van der Waals surface area (Å²) in [4.78, 5) is 14.2. The van der Waals surface area contributed by atoms with Crippen molar-refractivity contribution >= 4 is 15.7 Å². The van der Waals surface area contributed by atoms with Gasteiger partial charge in [0.15, 0.2) is 0 Å². The number of hydrogen-bond donors (Lipinski definition) is 0. The smallest absolute Gasteiger partial charge is 0.270 e. The normalized spacial score (nSPS) is 16.3. The Labute approximate surface area is 132 Å². The Kier molecular flexibility index (Phi) is 4.11. The lowest BCUT2D eigenvalue weighted by Crippen LogP contribution is -2.40. The van der Waals surface area contributed by atoms with E-state index in [1.54, 1.807) is 6.20 Å². The molecule has 0 saturated carbocycles. The molecule has 1 aromatic carbocycles.